The third-order valence-corrected chi connectivity index (χ3v) is 8.21. The van der Waals surface area contributed by atoms with Crippen molar-refractivity contribution in [1.29, 1.82) is 0 Å². The Morgan fingerprint density at radius 1 is 1.11 bits per heavy atom. The minimum absolute atomic E-state index is 0.244. The number of ether oxygens (including phenoxy) is 1. The van der Waals surface area contributed by atoms with Crippen LogP contribution in [0.1, 0.15) is 22.8 Å². The van der Waals surface area contributed by atoms with E-state index in [1.54, 1.807) is 35.9 Å². The molecule has 0 radical (unpaired) electrons. The molecule has 2 aliphatic rings. The van der Waals surface area contributed by atoms with Crippen molar-refractivity contribution < 1.29 is 14.3 Å². The Bertz CT molecular complexity index is 1240. The highest BCUT2D eigenvalue weighted by atomic mass is 32.2. The number of hydrogen-bond donors (Lipinski definition) is 1. The Hall–Kier alpha value is -3.33. The third kappa shape index (κ3) is 5.11. The molecule has 0 spiro atoms. The maximum atomic E-state index is 13.7. The lowest BCUT2D eigenvalue weighted by molar-refractivity contribution is -0.153. The van der Waals surface area contributed by atoms with Crippen LogP contribution in [0, 0.1) is 0 Å². The van der Waals surface area contributed by atoms with Gasteiger partial charge in [0, 0.05) is 23.9 Å². The molecule has 1 saturated heterocycles. The fraction of sp³-hybridized carbons (Fsp3) is 0.179. The summed E-state index contributed by atoms with van der Waals surface area (Å²) in [6, 6.07) is 22.5. The molecule has 2 aromatic carbocycles. The first-order valence-electron chi connectivity index (χ1n) is 11.5. The zero-order chi connectivity index (χ0) is 24.9. The number of carbonyl (C=O) groups excluding carboxylic acids is 2. The van der Waals surface area contributed by atoms with Crippen LogP contribution in [0.3, 0.4) is 0 Å². The van der Waals surface area contributed by atoms with Gasteiger partial charge in [-0.2, -0.15) is 0 Å². The predicted octanol–water partition coefficient (Wildman–Crippen LogP) is 4.61. The van der Waals surface area contributed by atoms with Gasteiger partial charge in [0.2, 0.25) is 5.91 Å². The Labute approximate surface area is 218 Å². The van der Waals surface area contributed by atoms with Gasteiger partial charge in [-0.3, -0.25) is 14.7 Å². The van der Waals surface area contributed by atoms with Crippen LogP contribution in [0.15, 0.2) is 102 Å². The summed E-state index contributed by atoms with van der Waals surface area (Å²) in [5.41, 5.74) is 9.95. The Morgan fingerprint density at radius 3 is 2.44 bits per heavy atom. The first-order valence-corrected chi connectivity index (χ1v) is 13.6. The van der Waals surface area contributed by atoms with Crippen LogP contribution >= 0.6 is 23.5 Å². The summed E-state index contributed by atoms with van der Waals surface area (Å²) < 4.78 is 6.13. The average Bonchev–Trinajstić information content (AvgIpc) is 2.94. The molecule has 1 fully saturated rings. The molecule has 2 atom stereocenters. The molecule has 182 valence electrons. The standard InChI is InChI=1S/C28H25N3O3S2/c29-23-26(32)31-24(22(18-36-27(23)31)17-35-15-13-19-8-7-14-30-16-19)28(33)34-25(20-9-3-1-4-10-20)21-11-5-2-6-12-21/h1-16,23,25,27H,17-18,29H2/b15-13-/t23?,27-/m1/s1. The highest BCUT2D eigenvalue weighted by molar-refractivity contribution is 8.02. The summed E-state index contributed by atoms with van der Waals surface area (Å²) in [5, 5.41) is 1.73. The van der Waals surface area contributed by atoms with Gasteiger partial charge < -0.3 is 10.5 Å². The summed E-state index contributed by atoms with van der Waals surface area (Å²) in [6.07, 6.45) is 4.90. The van der Waals surface area contributed by atoms with Gasteiger partial charge in [0.1, 0.15) is 17.1 Å². The van der Waals surface area contributed by atoms with Gasteiger partial charge in [-0.1, -0.05) is 66.7 Å². The predicted molar refractivity (Wildman–Crippen MR) is 145 cm³/mol. The van der Waals surface area contributed by atoms with Crippen molar-refractivity contribution in [2.75, 3.05) is 11.5 Å². The Kier molecular flexibility index (Phi) is 7.55. The monoisotopic (exact) mass is 515 g/mol. The smallest absolute Gasteiger partial charge is 0.356 e. The molecule has 5 rings (SSSR count). The summed E-state index contributed by atoms with van der Waals surface area (Å²) in [7, 11) is 0. The van der Waals surface area contributed by atoms with E-state index in [4.69, 9.17) is 10.5 Å². The molecule has 2 N–H and O–H groups in total. The second-order valence-electron chi connectivity index (χ2n) is 8.39. The second kappa shape index (κ2) is 11.2. The molecule has 1 amide bonds. The number of pyridine rings is 1. The number of fused-ring (bicyclic) bond motifs is 1. The zero-order valence-electron chi connectivity index (χ0n) is 19.4. The van der Waals surface area contributed by atoms with E-state index >= 15 is 0 Å². The highest BCUT2D eigenvalue weighted by Crippen LogP contribution is 2.41. The van der Waals surface area contributed by atoms with Gasteiger partial charge in [-0.05, 0) is 39.8 Å². The summed E-state index contributed by atoms with van der Waals surface area (Å²) >= 11 is 3.15. The van der Waals surface area contributed by atoms with Crippen molar-refractivity contribution >= 4 is 41.5 Å². The van der Waals surface area contributed by atoms with Crippen LogP contribution in [0.2, 0.25) is 0 Å². The Morgan fingerprint density at radius 2 is 1.81 bits per heavy atom. The van der Waals surface area contributed by atoms with Crippen molar-refractivity contribution in [3.05, 3.63) is 119 Å². The van der Waals surface area contributed by atoms with Crippen LogP contribution in [0.5, 0.6) is 0 Å². The lowest BCUT2D eigenvalue weighted by Crippen LogP contribution is -2.68. The largest absolute Gasteiger partial charge is 0.448 e. The van der Waals surface area contributed by atoms with Gasteiger partial charge in [0.05, 0.1) is 0 Å². The molecule has 6 nitrogen and oxygen atoms in total. The minimum atomic E-state index is -0.600. The molecule has 8 heteroatoms. The number of rotatable bonds is 8. The van der Waals surface area contributed by atoms with Crippen molar-refractivity contribution in [2.45, 2.75) is 17.5 Å². The fourth-order valence-electron chi connectivity index (χ4n) is 4.18. The molecule has 0 saturated carbocycles. The van der Waals surface area contributed by atoms with E-state index in [1.165, 1.54) is 4.90 Å². The van der Waals surface area contributed by atoms with Gasteiger partial charge in [-0.25, -0.2) is 4.79 Å². The first kappa shape index (κ1) is 24.4. The van der Waals surface area contributed by atoms with Crippen LogP contribution in [0.4, 0.5) is 0 Å². The van der Waals surface area contributed by atoms with Gasteiger partial charge in [0.25, 0.3) is 0 Å². The van der Waals surface area contributed by atoms with Crippen molar-refractivity contribution in [3.63, 3.8) is 0 Å². The van der Waals surface area contributed by atoms with Crippen molar-refractivity contribution in [1.82, 2.24) is 9.88 Å². The van der Waals surface area contributed by atoms with Crippen LogP contribution in [0.25, 0.3) is 6.08 Å². The number of nitrogens with two attached hydrogens (primary N) is 1. The van der Waals surface area contributed by atoms with Gasteiger partial charge >= 0.3 is 5.97 Å². The number of amides is 1. The van der Waals surface area contributed by atoms with E-state index in [2.05, 4.69) is 4.98 Å². The average molecular weight is 516 g/mol. The van der Waals surface area contributed by atoms with E-state index in [0.29, 0.717) is 17.2 Å². The van der Waals surface area contributed by atoms with E-state index < -0.39 is 18.1 Å². The van der Waals surface area contributed by atoms with Crippen LogP contribution < -0.4 is 5.73 Å². The fourth-order valence-corrected chi connectivity index (χ4v) is 6.39. The van der Waals surface area contributed by atoms with E-state index in [0.717, 1.165) is 22.3 Å². The highest BCUT2D eigenvalue weighted by Gasteiger charge is 2.52. The number of hydrogen-bond acceptors (Lipinski definition) is 7. The molecule has 0 aliphatic carbocycles. The number of esters is 1. The zero-order valence-corrected chi connectivity index (χ0v) is 21.0. The summed E-state index contributed by atoms with van der Waals surface area (Å²) in [6.45, 7) is 0. The normalized spacial score (nSPS) is 19.4. The number of β-lactam (4-membered cyclic amide) rings is 1. The molecular formula is C28H25N3O3S2. The number of benzene rings is 2. The first-order chi connectivity index (χ1) is 17.6. The van der Waals surface area contributed by atoms with E-state index in [1.807, 2.05) is 84.3 Å². The van der Waals surface area contributed by atoms with Gasteiger partial charge in [0.15, 0.2) is 6.10 Å². The lowest BCUT2D eigenvalue weighted by atomic mass is 10.0. The minimum Gasteiger partial charge on any atom is -0.448 e. The number of carbonyl (C=O) groups is 2. The molecule has 3 aromatic rings. The maximum Gasteiger partial charge on any atom is 0.356 e. The molecular weight excluding hydrogens is 490 g/mol. The van der Waals surface area contributed by atoms with Crippen LogP contribution in [-0.4, -0.2) is 44.7 Å². The van der Waals surface area contributed by atoms with Crippen LogP contribution in [-0.2, 0) is 14.3 Å². The number of nitrogens with zero attached hydrogens (tertiary/aromatic N) is 2. The number of thioether (sulfide) groups is 2. The summed E-state index contributed by atoms with van der Waals surface area (Å²) in [5.74, 6) is 0.414. The SMILES string of the molecule is NC1C(=O)N2C(C(=O)OC(c3ccccc3)c3ccccc3)=C(CS/C=C\c3cccnc3)CS[C@H]12. The van der Waals surface area contributed by atoms with Crippen molar-refractivity contribution in [2.24, 2.45) is 5.73 Å². The van der Waals surface area contributed by atoms with Gasteiger partial charge in [-0.15, -0.1) is 23.5 Å². The quantitative estimate of drug-likeness (QED) is 0.346. The second-order valence-corrected chi connectivity index (χ2v) is 10.4. The third-order valence-electron chi connectivity index (χ3n) is 6.01. The molecule has 3 heterocycles. The lowest BCUT2D eigenvalue weighted by Gasteiger charge is -2.48. The molecule has 0 bridgehead atoms. The maximum absolute atomic E-state index is 13.7. The van der Waals surface area contributed by atoms with E-state index in [-0.39, 0.29) is 11.3 Å². The molecule has 1 aromatic heterocycles. The Balaban J connectivity index is 1.41. The molecule has 36 heavy (non-hydrogen) atoms. The van der Waals surface area contributed by atoms with Crippen molar-refractivity contribution in [3.8, 4) is 0 Å². The summed E-state index contributed by atoms with van der Waals surface area (Å²) in [4.78, 5) is 32.1. The molecule has 1 unspecified atom stereocenters. The topological polar surface area (TPSA) is 85.5 Å². The molecule has 2 aliphatic heterocycles. The van der Waals surface area contributed by atoms with E-state index in [9.17, 15) is 9.59 Å². The number of aromatic nitrogens is 1.